The molecule has 0 bridgehead atoms. The Kier molecular flexibility index (Phi) is 2.19. The highest BCUT2D eigenvalue weighted by Crippen LogP contribution is 2.29. The Morgan fingerprint density at radius 2 is 2.00 bits per heavy atom. The third-order valence-electron chi connectivity index (χ3n) is 2.58. The predicted molar refractivity (Wildman–Crippen MR) is 63.0 cm³/mol. The van der Waals surface area contributed by atoms with Crippen molar-refractivity contribution in [2.24, 2.45) is 0 Å². The van der Waals surface area contributed by atoms with Gasteiger partial charge >= 0.3 is 0 Å². The van der Waals surface area contributed by atoms with Crippen LogP contribution in [0.3, 0.4) is 0 Å². The molecule has 1 aromatic heterocycles. The van der Waals surface area contributed by atoms with Crippen LogP contribution < -0.4 is 0 Å². The molecule has 1 N–H and O–H groups in total. The average molecular weight is 199 g/mol. The van der Waals surface area contributed by atoms with E-state index in [1.165, 1.54) is 0 Å². The zero-order chi connectivity index (χ0) is 11.0. The highest BCUT2D eigenvalue weighted by atomic mass is 16.3. The molecule has 0 radical (unpaired) electrons. The lowest BCUT2D eigenvalue weighted by atomic mass is 10.0. The summed E-state index contributed by atoms with van der Waals surface area (Å²) in [6.07, 6.45) is 1.68. The van der Waals surface area contributed by atoms with Gasteiger partial charge in [-0.05, 0) is 37.1 Å². The molecule has 15 heavy (non-hydrogen) atoms. The number of hydrogen-bond donors (Lipinski definition) is 1. The molecule has 1 heterocycles. The van der Waals surface area contributed by atoms with Crippen LogP contribution >= 0.6 is 0 Å². The fourth-order valence-electron chi connectivity index (χ4n) is 1.74. The average Bonchev–Trinajstić information content (AvgIpc) is 2.25. The number of phenolic OH excluding ortho intramolecular Hbond substituents is 1. The number of phenols is 1. The lowest BCUT2D eigenvalue weighted by Crippen LogP contribution is -1.89. The van der Waals surface area contributed by atoms with Crippen molar-refractivity contribution in [1.29, 1.82) is 0 Å². The van der Waals surface area contributed by atoms with Gasteiger partial charge in [0.15, 0.2) is 0 Å². The third-order valence-corrected chi connectivity index (χ3v) is 2.58. The number of fused-ring (bicyclic) bond motifs is 1. The fourth-order valence-corrected chi connectivity index (χ4v) is 1.74. The molecule has 2 nitrogen and oxygen atoms in total. The topological polar surface area (TPSA) is 33.1 Å². The monoisotopic (exact) mass is 199 g/mol. The minimum absolute atomic E-state index is 0.263. The zero-order valence-corrected chi connectivity index (χ0v) is 8.91. The quantitative estimate of drug-likeness (QED) is 0.765. The highest BCUT2D eigenvalue weighted by Gasteiger charge is 2.07. The molecule has 0 aliphatic carbocycles. The summed E-state index contributed by atoms with van der Waals surface area (Å²) in [4.78, 5) is 4.35. The molecule has 2 aromatic rings. The molecular weight excluding hydrogens is 186 g/mol. The SMILES string of the molecule is C=Cc1ccc2c(C)cc(C)c(O)c2n1. The Hall–Kier alpha value is -1.83. The van der Waals surface area contributed by atoms with E-state index in [1.807, 2.05) is 32.0 Å². The molecule has 2 rings (SSSR count). The van der Waals surface area contributed by atoms with Gasteiger partial charge in [-0.25, -0.2) is 4.98 Å². The molecule has 0 saturated heterocycles. The van der Waals surface area contributed by atoms with Crippen molar-refractivity contribution < 1.29 is 5.11 Å². The van der Waals surface area contributed by atoms with E-state index in [1.54, 1.807) is 6.08 Å². The Morgan fingerprint density at radius 3 is 2.67 bits per heavy atom. The van der Waals surface area contributed by atoms with Crippen LogP contribution in [0.4, 0.5) is 0 Å². The summed E-state index contributed by atoms with van der Waals surface area (Å²) in [5, 5.41) is 10.9. The highest BCUT2D eigenvalue weighted by molar-refractivity contribution is 5.89. The summed E-state index contributed by atoms with van der Waals surface area (Å²) >= 11 is 0. The van der Waals surface area contributed by atoms with Crippen LogP contribution in [0.15, 0.2) is 24.8 Å². The van der Waals surface area contributed by atoms with E-state index in [0.29, 0.717) is 5.52 Å². The third kappa shape index (κ3) is 1.48. The summed E-state index contributed by atoms with van der Waals surface area (Å²) in [5.74, 6) is 0.263. The van der Waals surface area contributed by atoms with Gasteiger partial charge < -0.3 is 5.11 Å². The lowest BCUT2D eigenvalue weighted by Gasteiger charge is -2.07. The smallest absolute Gasteiger partial charge is 0.144 e. The number of aryl methyl sites for hydroxylation is 2. The second kappa shape index (κ2) is 3.39. The predicted octanol–water partition coefficient (Wildman–Crippen LogP) is 3.20. The zero-order valence-electron chi connectivity index (χ0n) is 8.91. The molecule has 76 valence electrons. The molecular formula is C13H13NO. The largest absolute Gasteiger partial charge is 0.505 e. The molecule has 0 atom stereocenters. The Bertz CT molecular complexity index is 544. The van der Waals surface area contributed by atoms with Crippen LogP contribution in [0.2, 0.25) is 0 Å². The lowest BCUT2D eigenvalue weighted by molar-refractivity contribution is 0.476. The number of benzene rings is 1. The van der Waals surface area contributed by atoms with Crippen LogP contribution in [0, 0.1) is 13.8 Å². The van der Waals surface area contributed by atoms with Crippen LogP contribution in [0.1, 0.15) is 16.8 Å². The van der Waals surface area contributed by atoms with E-state index < -0.39 is 0 Å². The molecule has 0 amide bonds. The number of pyridine rings is 1. The van der Waals surface area contributed by atoms with Crippen molar-refractivity contribution >= 4 is 17.0 Å². The Balaban J connectivity index is 2.91. The first kappa shape index (κ1) is 9.71. The normalized spacial score (nSPS) is 10.5. The van der Waals surface area contributed by atoms with Gasteiger partial charge in [0.25, 0.3) is 0 Å². The van der Waals surface area contributed by atoms with E-state index in [0.717, 1.165) is 22.2 Å². The Morgan fingerprint density at radius 1 is 1.27 bits per heavy atom. The van der Waals surface area contributed by atoms with E-state index in [9.17, 15) is 5.11 Å². The minimum Gasteiger partial charge on any atom is -0.505 e. The summed E-state index contributed by atoms with van der Waals surface area (Å²) < 4.78 is 0. The van der Waals surface area contributed by atoms with E-state index in [2.05, 4.69) is 11.6 Å². The van der Waals surface area contributed by atoms with Crippen LogP contribution in [0.25, 0.3) is 17.0 Å². The molecule has 0 fully saturated rings. The van der Waals surface area contributed by atoms with Crippen molar-refractivity contribution in [3.05, 3.63) is 41.6 Å². The van der Waals surface area contributed by atoms with Crippen LogP contribution in [-0.2, 0) is 0 Å². The fraction of sp³-hybridized carbons (Fsp3) is 0.154. The number of aromatic nitrogens is 1. The van der Waals surface area contributed by atoms with E-state index in [4.69, 9.17) is 0 Å². The van der Waals surface area contributed by atoms with Gasteiger partial charge in [-0.3, -0.25) is 0 Å². The maximum absolute atomic E-state index is 9.91. The molecule has 1 aromatic carbocycles. The Labute approximate surface area is 88.9 Å². The van der Waals surface area contributed by atoms with Gasteiger partial charge in [-0.15, -0.1) is 0 Å². The van der Waals surface area contributed by atoms with Gasteiger partial charge in [0.05, 0.1) is 5.69 Å². The second-order valence-electron chi connectivity index (χ2n) is 3.70. The first-order valence-corrected chi connectivity index (χ1v) is 4.86. The first-order valence-electron chi connectivity index (χ1n) is 4.86. The first-order chi connectivity index (χ1) is 7.13. The minimum atomic E-state index is 0.263. The van der Waals surface area contributed by atoms with Crippen molar-refractivity contribution in [2.45, 2.75) is 13.8 Å². The van der Waals surface area contributed by atoms with Crippen LogP contribution in [0.5, 0.6) is 5.75 Å². The van der Waals surface area contributed by atoms with Gasteiger partial charge in [0.2, 0.25) is 0 Å². The van der Waals surface area contributed by atoms with Gasteiger partial charge in [-0.1, -0.05) is 18.7 Å². The van der Waals surface area contributed by atoms with Gasteiger partial charge in [0.1, 0.15) is 11.3 Å². The molecule has 0 spiro atoms. The van der Waals surface area contributed by atoms with Crippen LogP contribution in [-0.4, -0.2) is 10.1 Å². The van der Waals surface area contributed by atoms with Gasteiger partial charge in [0, 0.05) is 5.39 Å². The number of rotatable bonds is 1. The van der Waals surface area contributed by atoms with E-state index in [-0.39, 0.29) is 5.75 Å². The van der Waals surface area contributed by atoms with Crippen molar-refractivity contribution in [2.75, 3.05) is 0 Å². The number of nitrogens with zero attached hydrogens (tertiary/aromatic N) is 1. The van der Waals surface area contributed by atoms with Crippen molar-refractivity contribution in [1.82, 2.24) is 4.98 Å². The summed E-state index contributed by atoms with van der Waals surface area (Å²) in [6, 6.07) is 5.83. The number of hydrogen-bond acceptors (Lipinski definition) is 2. The maximum atomic E-state index is 9.91. The molecule has 2 heteroatoms. The standard InChI is InChI=1S/C13H13NO/c1-4-10-5-6-11-8(2)7-9(3)13(15)12(11)14-10/h4-7,15H,1H2,2-3H3. The molecule has 0 saturated carbocycles. The van der Waals surface area contributed by atoms with Crippen molar-refractivity contribution in [3.8, 4) is 5.75 Å². The second-order valence-corrected chi connectivity index (χ2v) is 3.70. The molecule has 0 aliphatic rings. The molecule has 0 aliphatic heterocycles. The number of aromatic hydroxyl groups is 1. The maximum Gasteiger partial charge on any atom is 0.144 e. The molecule has 0 unspecified atom stereocenters. The van der Waals surface area contributed by atoms with Crippen molar-refractivity contribution in [3.63, 3.8) is 0 Å². The summed E-state index contributed by atoms with van der Waals surface area (Å²) in [7, 11) is 0. The van der Waals surface area contributed by atoms with Gasteiger partial charge in [-0.2, -0.15) is 0 Å². The summed E-state index contributed by atoms with van der Waals surface area (Å²) in [6.45, 7) is 7.57. The summed E-state index contributed by atoms with van der Waals surface area (Å²) in [5.41, 5.74) is 3.42. The van der Waals surface area contributed by atoms with E-state index >= 15 is 0 Å².